The fraction of sp³-hybridized carbons (Fsp3) is 0.357. The molecule has 102 valence electrons. The lowest BCUT2D eigenvalue weighted by Crippen LogP contribution is -2.10. The summed E-state index contributed by atoms with van der Waals surface area (Å²) in [5.41, 5.74) is 2.97. The molecular weight excluding hydrogens is 328 g/mol. The van der Waals surface area contributed by atoms with Crippen LogP contribution in [0.15, 0.2) is 22.8 Å². The van der Waals surface area contributed by atoms with Crippen molar-refractivity contribution in [2.45, 2.75) is 26.8 Å². The van der Waals surface area contributed by atoms with Gasteiger partial charge in [0.05, 0.1) is 23.3 Å². The Balaban J connectivity index is 2.55. The number of benzene rings is 1. The van der Waals surface area contributed by atoms with Gasteiger partial charge in [-0.25, -0.2) is 0 Å². The van der Waals surface area contributed by atoms with Crippen LogP contribution >= 0.6 is 27.5 Å². The highest BCUT2D eigenvalue weighted by atomic mass is 79.9. The highest BCUT2D eigenvalue weighted by Gasteiger charge is 2.19. The maximum absolute atomic E-state index is 6.27. The SMILES string of the molecule is COc1c(C(C)n2ccc(C)n2)cc(Cl)c(C)c1Br. The van der Waals surface area contributed by atoms with E-state index in [9.17, 15) is 0 Å². The van der Waals surface area contributed by atoms with Crippen LogP contribution in [0.4, 0.5) is 0 Å². The fourth-order valence-electron chi connectivity index (χ4n) is 2.02. The third-order valence-corrected chi connectivity index (χ3v) is 4.57. The maximum atomic E-state index is 6.27. The molecular formula is C14H16BrClN2O. The quantitative estimate of drug-likeness (QED) is 0.818. The van der Waals surface area contributed by atoms with Gasteiger partial charge in [0.25, 0.3) is 0 Å². The van der Waals surface area contributed by atoms with Crippen molar-refractivity contribution < 1.29 is 4.74 Å². The normalized spacial score (nSPS) is 12.5. The third-order valence-electron chi connectivity index (χ3n) is 3.22. The Labute approximate surface area is 126 Å². The lowest BCUT2D eigenvalue weighted by molar-refractivity contribution is 0.397. The average molecular weight is 344 g/mol. The predicted octanol–water partition coefficient (Wildman–Crippen LogP) is 4.53. The van der Waals surface area contributed by atoms with E-state index in [4.69, 9.17) is 16.3 Å². The lowest BCUT2D eigenvalue weighted by Gasteiger charge is -2.19. The zero-order valence-corrected chi connectivity index (χ0v) is 13.7. The first-order chi connectivity index (χ1) is 8.95. The van der Waals surface area contributed by atoms with Crippen LogP contribution in [0.5, 0.6) is 5.75 Å². The molecule has 2 rings (SSSR count). The predicted molar refractivity (Wildman–Crippen MR) is 81.2 cm³/mol. The zero-order valence-electron chi connectivity index (χ0n) is 11.4. The molecule has 0 aliphatic carbocycles. The van der Waals surface area contributed by atoms with Crippen LogP contribution in [0.1, 0.15) is 29.8 Å². The Morgan fingerprint density at radius 1 is 1.42 bits per heavy atom. The summed E-state index contributed by atoms with van der Waals surface area (Å²) < 4.78 is 8.32. The smallest absolute Gasteiger partial charge is 0.138 e. The first-order valence-corrected chi connectivity index (χ1v) is 7.17. The van der Waals surface area contributed by atoms with E-state index in [-0.39, 0.29) is 6.04 Å². The molecule has 0 bridgehead atoms. The summed E-state index contributed by atoms with van der Waals surface area (Å²) >= 11 is 9.82. The summed E-state index contributed by atoms with van der Waals surface area (Å²) in [7, 11) is 1.66. The Kier molecular flexibility index (Phi) is 4.21. The van der Waals surface area contributed by atoms with Crippen LogP contribution in [0.3, 0.4) is 0 Å². The standard InChI is InChI=1S/C14H16BrClN2O/c1-8-5-6-18(17-8)10(3)11-7-12(16)9(2)13(15)14(11)19-4/h5-7,10H,1-4H3. The molecule has 0 fully saturated rings. The van der Waals surface area contributed by atoms with E-state index in [1.54, 1.807) is 7.11 Å². The van der Waals surface area contributed by atoms with E-state index in [2.05, 4.69) is 28.0 Å². The fourth-order valence-corrected chi connectivity index (χ4v) is 2.95. The Morgan fingerprint density at radius 3 is 2.63 bits per heavy atom. The minimum Gasteiger partial charge on any atom is -0.495 e. The number of halogens is 2. The summed E-state index contributed by atoms with van der Waals surface area (Å²) in [6.07, 6.45) is 1.96. The molecule has 0 radical (unpaired) electrons. The van der Waals surface area contributed by atoms with Crippen LogP contribution < -0.4 is 4.74 Å². The molecule has 1 heterocycles. The van der Waals surface area contributed by atoms with Crippen LogP contribution in [-0.2, 0) is 0 Å². The maximum Gasteiger partial charge on any atom is 0.138 e. The van der Waals surface area contributed by atoms with Gasteiger partial charge in [0, 0.05) is 16.8 Å². The molecule has 1 aromatic carbocycles. The number of nitrogens with zero attached hydrogens (tertiary/aromatic N) is 2. The van der Waals surface area contributed by atoms with Crippen molar-refractivity contribution >= 4 is 27.5 Å². The first kappa shape index (κ1) is 14.4. The second-order valence-electron chi connectivity index (χ2n) is 4.53. The minimum atomic E-state index is 0.0537. The van der Waals surface area contributed by atoms with Crippen molar-refractivity contribution in [1.29, 1.82) is 0 Å². The molecule has 2 aromatic rings. The number of rotatable bonds is 3. The van der Waals surface area contributed by atoms with Crippen LogP contribution in [-0.4, -0.2) is 16.9 Å². The molecule has 19 heavy (non-hydrogen) atoms. The molecule has 1 unspecified atom stereocenters. The number of hydrogen-bond acceptors (Lipinski definition) is 2. The highest BCUT2D eigenvalue weighted by molar-refractivity contribution is 9.10. The van der Waals surface area contributed by atoms with Gasteiger partial charge < -0.3 is 4.74 Å². The van der Waals surface area contributed by atoms with E-state index in [0.717, 1.165) is 32.1 Å². The van der Waals surface area contributed by atoms with Gasteiger partial charge in [0.2, 0.25) is 0 Å². The number of aryl methyl sites for hydroxylation is 1. The van der Waals surface area contributed by atoms with Gasteiger partial charge in [-0.05, 0) is 54.4 Å². The van der Waals surface area contributed by atoms with E-state index < -0.39 is 0 Å². The van der Waals surface area contributed by atoms with E-state index in [1.165, 1.54) is 0 Å². The molecule has 1 atom stereocenters. The molecule has 0 N–H and O–H groups in total. The monoisotopic (exact) mass is 342 g/mol. The second-order valence-corrected chi connectivity index (χ2v) is 5.73. The number of ether oxygens (including phenoxy) is 1. The van der Waals surface area contributed by atoms with Crippen molar-refractivity contribution in [3.8, 4) is 5.75 Å². The average Bonchev–Trinajstić information content (AvgIpc) is 2.81. The van der Waals surface area contributed by atoms with Crippen LogP contribution in [0, 0.1) is 13.8 Å². The van der Waals surface area contributed by atoms with E-state index in [0.29, 0.717) is 0 Å². The number of aromatic nitrogens is 2. The zero-order chi connectivity index (χ0) is 14.2. The van der Waals surface area contributed by atoms with Crippen molar-refractivity contribution in [2.24, 2.45) is 0 Å². The van der Waals surface area contributed by atoms with Crippen molar-refractivity contribution in [3.05, 3.63) is 44.6 Å². The second kappa shape index (κ2) is 5.55. The van der Waals surface area contributed by atoms with Gasteiger partial charge in [-0.1, -0.05) is 11.6 Å². The van der Waals surface area contributed by atoms with Crippen molar-refractivity contribution in [1.82, 2.24) is 9.78 Å². The van der Waals surface area contributed by atoms with Gasteiger partial charge in [-0.3, -0.25) is 4.68 Å². The molecule has 0 saturated carbocycles. The summed E-state index contributed by atoms with van der Waals surface area (Å²) in [6, 6.07) is 3.98. The van der Waals surface area contributed by atoms with Gasteiger partial charge in [-0.2, -0.15) is 5.10 Å². The molecule has 0 aliphatic rings. The highest BCUT2D eigenvalue weighted by Crippen LogP contribution is 2.40. The third kappa shape index (κ3) is 2.65. The molecule has 0 amide bonds. The number of hydrogen-bond donors (Lipinski definition) is 0. The van der Waals surface area contributed by atoms with Gasteiger partial charge in [-0.15, -0.1) is 0 Å². The van der Waals surface area contributed by atoms with Crippen LogP contribution in [0.2, 0.25) is 5.02 Å². The molecule has 3 nitrogen and oxygen atoms in total. The molecule has 0 aliphatic heterocycles. The van der Waals surface area contributed by atoms with E-state index >= 15 is 0 Å². The summed E-state index contributed by atoms with van der Waals surface area (Å²) in [4.78, 5) is 0. The van der Waals surface area contributed by atoms with Crippen molar-refractivity contribution in [3.63, 3.8) is 0 Å². The largest absolute Gasteiger partial charge is 0.495 e. The van der Waals surface area contributed by atoms with E-state index in [1.807, 2.05) is 36.9 Å². The summed E-state index contributed by atoms with van der Waals surface area (Å²) in [5, 5.41) is 5.17. The number of methoxy groups -OCH3 is 1. The Morgan fingerprint density at radius 2 is 2.11 bits per heavy atom. The van der Waals surface area contributed by atoms with Gasteiger partial charge in [0.1, 0.15) is 5.75 Å². The topological polar surface area (TPSA) is 27.1 Å². The molecule has 5 heteroatoms. The minimum absolute atomic E-state index is 0.0537. The van der Waals surface area contributed by atoms with Gasteiger partial charge in [0.15, 0.2) is 0 Å². The summed E-state index contributed by atoms with van der Waals surface area (Å²) in [6.45, 7) is 6.00. The Bertz CT molecular complexity index is 610. The molecule has 0 spiro atoms. The lowest BCUT2D eigenvalue weighted by atomic mass is 10.0. The molecule has 0 saturated heterocycles. The van der Waals surface area contributed by atoms with Gasteiger partial charge >= 0.3 is 0 Å². The summed E-state index contributed by atoms with van der Waals surface area (Å²) in [5.74, 6) is 0.808. The van der Waals surface area contributed by atoms with Crippen LogP contribution in [0.25, 0.3) is 0 Å². The van der Waals surface area contributed by atoms with Crippen molar-refractivity contribution in [2.75, 3.05) is 7.11 Å². The molecule has 1 aromatic heterocycles. The Hall–Kier alpha value is -1.000. The first-order valence-electron chi connectivity index (χ1n) is 6.00.